The molecule has 1 unspecified atom stereocenters. The lowest BCUT2D eigenvalue weighted by molar-refractivity contribution is -0.118. The Morgan fingerprint density at radius 1 is 1.07 bits per heavy atom. The highest BCUT2D eigenvalue weighted by atomic mass is 16.3. The molecular weight excluding hydrogens is 502 g/mol. The van der Waals surface area contributed by atoms with Crippen LogP contribution in [0, 0.1) is 23.7 Å². The lowest BCUT2D eigenvalue weighted by atomic mass is 9.68. The third kappa shape index (κ3) is 3.96. The molecule has 2 aromatic heterocycles. The van der Waals surface area contributed by atoms with Gasteiger partial charge in [-0.3, -0.25) is 14.3 Å². The SMILES string of the molecule is Cc1nn(-c2ccccc2)c(-n2ccnc2)c1C1C(C#N)=C(N)N(c2ccc(O)cc2)C2=C1C(=O)CC(C)(C)C2. The fourth-order valence-electron chi connectivity index (χ4n) is 5.94. The Morgan fingerprint density at radius 3 is 2.45 bits per heavy atom. The van der Waals surface area contributed by atoms with Crippen molar-refractivity contribution in [3.63, 3.8) is 0 Å². The smallest absolute Gasteiger partial charge is 0.162 e. The summed E-state index contributed by atoms with van der Waals surface area (Å²) in [6, 6.07) is 18.7. The van der Waals surface area contributed by atoms with Crippen LogP contribution in [0.4, 0.5) is 5.69 Å². The number of aromatic hydroxyl groups is 1. The fourth-order valence-corrected chi connectivity index (χ4v) is 5.94. The predicted octanol–water partition coefficient (Wildman–Crippen LogP) is 5.01. The van der Waals surface area contributed by atoms with E-state index in [9.17, 15) is 15.2 Å². The van der Waals surface area contributed by atoms with Crippen LogP contribution in [0.5, 0.6) is 5.75 Å². The highest BCUT2D eigenvalue weighted by Crippen LogP contribution is 2.51. The van der Waals surface area contributed by atoms with E-state index in [-0.39, 0.29) is 28.3 Å². The molecule has 0 bridgehead atoms. The van der Waals surface area contributed by atoms with Crippen molar-refractivity contribution >= 4 is 11.5 Å². The molecule has 200 valence electrons. The first-order chi connectivity index (χ1) is 19.2. The molecule has 0 spiro atoms. The van der Waals surface area contributed by atoms with Gasteiger partial charge >= 0.3 is 0 Å². The second-order valence-corrected chi connectivity index (χ2v) is 11.0. The number of aryl methyl sites for hydroxylation is 1. The number of imidazole rings is 1. The molecule has 1 aliphatic carbocycles. The highest BCUT2D eigenvalue weighted by molar-refractivity contribution is 6.02. The van der Waals surface area contributed by atoms with Crippen molar-refractivity contribution in [1.29, 1.82) is 5.26 Å². The van der Waals surface area contributed by atoms with Gasteiger partial charge in [-0.25, -0.2) is 9.67 Å². The summed E-state index contributed by atoms with van der Waals surface area (Å²) in [7, 11) is 0. The maximum atomic E-state index is 14.1. The van der Waals surface area contributed by atoms with Crippen molar-refractivity contribution in [2.75, 3.05) is 4.90 Å². The van der Waals surface area contributed by atoms with E-state index in [4.69, 9.17) is 10.8 Å². The number of ketones is 1. The summed E-state index contributed by atoms with van der Waals surface area (Å²) in [5.74, 6) is 0.320. The molecule has 2 aliphatic rings. The zero-order valence-electron chi connectivity index (χ0n) is 22.5. The Balaban J connectivity index is 1.67. The van der Waals surface area contributed by atoms with Crippen molar-refractivity contribution < 1.29 is 9.90 Å². The average Bonchev–Trinajstić information content (AvgIpc) is 3.56. The van der Waals surface area contributed by atoms with Crippen molar-refractivity contribution in [2.45, 2.75) is 39.5 Å². The van der Waals surface area contributed by atoms with Crippen LogP contribution in [0.15, 0.2) is 96.0 Å². The molecule has 2 aromatic carbocycles. The first-order valence-electron chi connectivity index (χ1n) is 13.1. The molecule has 1 aliphatic heterocycles. The Labute approximate surface area is 232 Å². The quantitative estimate of drug-likeness (QED) is 0.379. The van der Waals surface area contributed by atoms with Crippen molar-refractivity contribution in [1.82, 2.24) is 19.3 Å². The summed E-state index contributed by atoms with van der Waals surface area (Å²) < 4.78 is 3.68. The van der Waals surface area contributed by atoms with E-state index in [1.54, 1.807) is 41.7 Å². The number of para-hydroxylation sites is 1. The van der Waals surface area contributed by atoms with Gasteiger partial charge in [-0.2, -0.15) is 10.4 Å². The van der Waals surface area contributed by atoms with Crippen LogP contribution < -0.4 is 10.6 Å². The van der Waals surface area contributed by atoms with Crippen molar-refractivity contribution in [3.05, 3.63) is 107 Å². The molecule has 1 atom stereocenters. The summed E-state index contributed by atoms with van der Waals surface area (Å²) in [6.07, 6.45) is 6.12. The number of anilines is 1. The summed E-state index contributed by atoms with van der Waals surface area (Å²) in [5, 5.41) is 25.4. The maximum absolute atomic E-state index is 14.1. The predicted molar refractivity (Wildman–Crippen MR) is 151 cm³/mol. The molecular formula is C31H29N7O2. The highest BCUT2D eigenvalue weighted by Gasteiger charge is 2.46. The third-order valence-electron chi connectivity index (χ3n) is 7.61. The van der Waals surface area contributed by atoms with Gasteiger partial charge in [0, 0.05) is 41.3 Å². The van der Waals surface area contributed by atoms with Crippen molar-refractivity contribution in [3.8, 4) is 23.3 Å². The lowest BCUT2D eigenvalue weighted by Crippen LogP contribution is -2.42. The van der Waals surface area contributed by atoms with E-state index >= 15 is 0 Å². The number of allylic oxidation sites excluding steroid dienone is 3. The number of rotatable bonds is 4. The summed E-state index contributed by atoms with van der Waals surface area (Å²) >= 11 is 0. The Morgan fingerprint density at radius 2 is 1.80 bits per heavy atom. The zero-order chi connectivity index (χ0) is 28.2. The van der Waals surface area contributed by atoms with Gasteiger partial charge in [0.25, 0.3) is 0 Å². The number of carbonyl (C=O) groups excluding carboxylic acids is 1. The fraction of sp³-hybridized carbons (Fsp3) is 0.226. The molecule has 0 saturated carbocycles. The molecule has 4 aromatic rings. The number of phenolic OH excluding ortho intramolecular Hbond substituents is 1. The minimum atomic E-state index is -0.716. The minimum Gasteiger partial charge on any atom is -0.508 e. The molecule has 0 radical (unpaired) electrons. The van der Waals surface area contributed by atoms with Gasteiger partial charge in [0.2, 0.25) is 0 Å². The number of nitrogens with two attached hydrogens (primary N) is 1. The summed E-state index contributed by atoms with van der Waals surface area (Å²) in [5.41, 5.74) is 11.0. The van der Waals surface area contributed by atoms with Gasteiger partial charge in [0.15, 0.2) is 5.78 Å². The van der Waals surface area contributed by atoms with Gasteiger partial charge in [0.1, 0.15) is 23.7 Å². The van der Waals surface area contributed by atoms with E-state index in [2.05, 4.69) is 24.9 Å². The number of nitriles is 1. The first kappa shape index (κ1) is 25.2. The molecule has 40 heavy (non-hydrogen) atoms. The van der Waals surface area contributed by atoms with Gasteiger partial charge in [-0.05, 0) is 55.2 Å². The third-order valence-corrected chi connectivity index (χ3v) is 7.61. The van der Waals surface area contributed by atoms with Crippen LogP contribution in [0.1, 0.15) is 43.9 Å². The maximum Gasteiger partial charge on any atom is 0.162 e. The van der Waals surface area contributed by atoms with Crippen LogP contribution in [-0.4, -0.2) is 30.2 Å². The standard InChI is InChI=1S/C31H29N7O2/c1-19-26(30(36-14-13-34-18-36)38(35-19)21-7-5-4-6-8-21)27-23(17-32)29(33)37(20-9-11-22(39)12-10-20)24-15-31(2,3)16-25(40)28(24)27/h4-14,18,27,39H,15-16,33H2,1-3H3. The second kappa shape index (κ2) is 9.27. The topological polar surface area (TPSA) is 126 Å². The average molecular weight is 532 g/mol. The number of Topliss-reactive ketones (excluding diaryl/α,β-unsaturated/α-hetero) is 1. The molecule has 0 saturated heterocycles. The van der Waals surface area contributed by atoms with Gasteiger partial charge in [-0.1, -0.05) is 32.0 Å². The molecule has 0 amide bonds. The molecule has 3 N–H and O–H groups in total. The lowest BCUT2D eigenvalue weighted by Gasteiger charge is -2.43. The van der Waals surface area contributed by atoms with E-state index in [0.717, 1.165) is 16.9 Å². The number of benzene rings is 2. The van der Waals surface area contributed by atoms with Gasteiger partial charge in [0.05, 0.1) is 28.9 Å². The largest absolute Gasteiger partial charge is 0.508 e. The van der Waals surface area contributed by atoms with E-state index < -0.39 is 5.92 Å². The van der Waals surface area contributed by atoms with E-state index in [0.29, 0.717) is 35.6 Å². The number of nitrogens with zero attached hydrogens (tertiary/aromatic N) is 6. The Bertz CT molecular complexity index is 1720. The van der Waals surface area contributed by atoms with Gasteiger partial charge < -0.3 is 10.8 Å². The molecule has 9 heteroatoms. The van der Waals surface area contributed by atoms with Crippen molar-refractivity contribution in [2.24, 2.45) is 11.1 Å². The van der Waals surface area contributed by atoms with Crippen LogP contribution in [-0.2, 0) is 4.79 Å². The number of phenols is 1. The molecule has 3 heterocycles. The number of carbonyl (C=O) groups is 1. The second-order valence-electron chi connectivity index (χ2n) is 11.0. The Kier molecular flexibility index (Phi) is 5.84. The summed E-state index contributed by atoms with van der Waals surface area (Å²) in [6.45, 7) is 6.02. The number of hydrogen-bond donors (Lipinski definition) is 2. The Hall–Kier alpha value is -5.10. The molecule has 0 fully saturated rings. The van der Waals surface area contributed by atoms with E-state index in [1.807, 2.05) is 52.7 Å². The van der Waals surface area contributed by atoms with Crippen LogP contribution in [0.3, 0.4) is 0 Å². The first-order valence-corrected chi connectivity index (χ1v) is 13.1. The van der Waals surface area contributed by atoms with Gasteiger partial charge in [-0.15, -0.1) is 0 Å². The normalized spacial score (nSPS) is 18.6. The van der Waals surface area contributed by atoms with E-state index in [1.165, 1.54) is 0 Å². The number of hydrogen-bond acceptors (Lipinski definition) is 7. The van der Waals surface area contributed by atoms with Crippen LogP contribution in [0.2, 0.25) is 0 Å². The summed E-state index contributed by atoms with van der Waals surface area (Å²) in [4.78, 5) is 20.1. The van der Waals surface area contributed by atoms with Crippen LogP contribution in [0.25, 0.3) is 11.5 Å². The molecule has 9 nitrogen and oxygen atoms in total. The minimum absolute atomic E-state index is 0.0243. The molecule has 6 rings (SSSR count). The zero-order valence-corrected chi connectivity index (χ0v) is 22.5. The monoisotopic (exact) mass is 531 g/mol. The van der Waals surface area contributed by atoms with Crippen LogP contribution >= 0.6 is 0 Å². The number of aromatic nitrogens is 4.